The Morgan fingerprint density at radius 3 is 2.68 bits per heavy atom. The van der Waals surface area contributed by atoms with Gasteiger partial charge in [-0.3, -0.25) is 9.98 Å². The molecular weight excluding hydrogens is 282 g/mol. The van der Waals surface area contributed by atoms with E-state index in [-0.39, 0.29) is 12.0 Å². The third-order valence-electron chi connectivity index (χ3n) is 4.05. The second kappa shape index (κ2) is 5.63. The number of carboxylic acid groups (broad SMARTS) is 1. The van der Waals surface area contributed by atoms with Crippen LogP contribution in [0.3, 0.4) is 0 Å². The lowest BCUT2D eigenvalue weighted by Crippen LogP contribution is -2.47. The summed E-state index contributed by atoms with van der Waals surface area (Å²) in [5.41, 5.74) is 1.02. The van der Waals surface area contributed by atoms with Crippen LogP contribution in [0.2, 0.25) is 0 Å². The lowest BCUT2D eigenvalue weighted by atomic mass is 9.85. The van der Waals surface area contributed by atoms with Gasteiger partial charge >= 0.3 is 5.97 Å². The fourth-order valence-electron chi connectivity index (χ4n) is 2.93. The number of nitrogens with zero attached hydrogens (tertiary/aromatic N) is 3. The monoisotopic (exact) mass is 299 g/mol. The highest BCUT2D eigenvalue weighted by Gasteiger charge is 2.40. The molecule has 114 valence electrons. The first kappa shape index (κ1) is 14.3. The molecule has 0 bridgehead atoms. The molecule has 6 nitrogen and oxygen atoms in total. The van der Waals surface area contributed by atoms with Gasteiger partial charge in [-0.1, -0.05) is 19.1 Å². The van der Waals surface area contributed by atoms with Gasteiger partial charge in [0.15, 0.2) is 6.04 Å². The minimum atomic E-state index is -0.916. The van der Waals surface area contributed by atoms with Crippen LogP contribution in [0.4, 0.5) is 0 Å². The van der Waals surface area contributed by atoms with Crippen LogP contribution in [0.15, 0.2) is 46.7 Å². The highest BCUT2D eigenvalue weighted by atomic mass is 16.5. The van der Waals surface area contributed by atoms with E-state index in [0.29, 0.717) is 5.84 Å². The van der Waals surface area contributed by atoms with Crippen molar-refractivity contribution < 1.29 is 14.6 Å². The van der Waals surface area contributed by atoms with Crippen molar-refractivity contribution in [2.24, 2.45) is 15.9 Å². The SMILES string of the molecule is COc1ccc(C2C(C)C(C(=O)O)N=C3C=NC=CN32)cc1. The van der Waals surface area contributed by atoms with E-state index in [1.54, 1.807) is 19.5 Å². The van der Waals surface area contributed by atoms with Crippen LogP contribution < -0.4 is 4.74 Å². The molecule has 6 heteroatoms. The van der Waals surface area contributed by atoms with Gasteiger partial charge in [-0.2, -0.15) is 0 Å². The summed E-state index contributed by atoms with van der Waals surface area (Å²) in [6.07, 6.45) is 5.12. The maximum Gasteiger partial charge on any atom is 0.328 e. The molecule has 0 aromatic heterocycles. The van der Waals surface area contributed by atoms with E-state index in [4.69, 9.17) is 4.74 Å². The van der Waals surface area contributed by atoms with Crippen LogP contribution in [0.25, 0.3) is 0 Å². The zero-order valence-corrected chi connectivity index (χ0v) is 12.4. The molecule has 1 aromatic carbocycles. The summed E-state index contributed by atoms with van der Waals surface area (Å²) in [5.74, 6) is 0.257. The summed E-state index contributed by atoms with van der Waals surface area (Å²) in [5, 5.41) is 9.44. The first-order valence-electron chi connectivity index (χ1n) is 7.04. The lowest BCUT2D eigenvalue weighted by molar-refractivity contribution is -0.140. The van der Waals surface area contributed by atoms with Crippen LogP contribution in [0.1, 0.15) is 18.5 Å². The normalized spacial score (nSPS) is 26.4. The largest absolute Gasteiger partial charge is 0.497 e. The Kier molecular flexibility index (Phi) is 3.66. The van der Waals surface area contributed by atoms with Crippen molar-refractivity contribution in [1.82, 2.24) is 4.90 Å². The van der Waals surface area contributed by atoms with Crippen molar-refractivity contribution in [3.05, 3.63) is 42.2 Å². The molecule has 2 aliphatic heterocycles. The molecule has 0 amide bonds. The minimum Gasteiger partial charge on any atom is -0.497 e. The first-order chi connectivity index (χ1) is 10.6. The summed E-state index contributed by atoms with van der Waals surface area (Å²) < 4.78 is 5.18. The molecule has 0 spiro atoms. The number of amidine groups is 1. The molecule has 0 saturated heterocycles. The van der Waals surface area contributed by atoms with Gasteiger partial charge in [-0.15, -0.1) is 0 Å². The molecule has 3 atom stereocenters. The Morgan fingerprint density at radius 2 is 2.05 bits per heavy atom. The third-order valence-corrected chi connectivity index (χ3v) is 4.05. The van der Waals surface area contributed by atoms with Crippen molar-refractivity contribution in [2.45, 2.75) is 19.0 Å². The van der Waals surface area contributed by atoms with Crippen LogP contribution in [0.5, 0.6) is 5.75 Å². The molecule has 0 fully saturated rings. The lowest BCUT2D eigenvalue weighted by Gasteiger charge is -2.41. The zero-order valence-electron chi connectivity index (χ0n) is 12.4. The molecule has 22 heavy (non-hydrogen) atoms. The van der Waals surface area contributed by atoms with E-state index in [9.17, 15) is 9.90 Å². The third kappa shape index (κ3) is 2.36. The van der Waals surface area contributed by atoms with Crippen LogP contribution in [-0.4, -0.2) is 41.2 Å². The number of methoxy groups -OCH3 is 1. The second-order valence-electron chi connectivity index (χ2n) is 5.33. The van der Waals surface area contributed by atoms with Crippen molar-refractivity contribution in [3.63, 3.8) is 0 Å². The highest BCUT2D eigenvalue weighted by molar-refractivity contribution is 6.30. The van der Waals surface area contributed by atoms with Crippen LogP contribution in [-0.2, 0) is 4.79 Å². The maximum absolute atomic E-state index is 11.5. The Bertz CT molecular complexity index is 664. The molecular formula is C16H17N3O3. The van der Waals surface area contributed by atoms with Gasteiger partial charge in [-0.05, 0) is 17.7 Å². The Balaban J connectivity index is 2.03. The number of hydrogen-bond acceptors (Lipinski definition) is 5. The van der Waals surface area contributed by atoms with Crippen molar-refractivity contribution in [1.29, 1.82) is 0 Å². The number of aliphatic imine (C=N–C) groups is 2. The molecule has 1 aromatic rings. The Morgan fingerprint density at radius 1 is 1.32 bits per heavy atom. The summed E-state index contributed by atoms with van der Waals surface area (Å²) in [6, 6.07) is 6.79. The first-order valence-corrected chi connectivity index (χ1v) is 7.04. The van der Waals surface area contributed by atoms with Gasteiger partial charge in [0, 0.05) is 18.3 Å². The summed E-state index contributed by atoms with van der Waals surface area (Å²) in [6.45, 7) is 1.91. The molecule has 0 radical (unpaired) electrons. The molecule has 2 aliphatic rings. The summed E-state index contributed by atoms with van der Waals surface area (Å²) in [7, 11) is 1.62. The average Bonchev–Trinajstić information content (AvgIpc) is 2.54. The average molecular weight is 299 g/mol. The zero-order chi connectivity index (χ0) is 15.7. The molecule has 3 rings (SSSR count). The molecule has 2 heterocycles. The highest BCUT2D eigenvalue weighted by Crippen LogP contribution is 2.37. The fraction of sp³-hybridized carbons (Fsp3) is 0.312. The van der Waals surface area contributed by atoms with E-state index in [0.717, 1.165) is 11.3 Å². The smallest absolute Gasteiger partial charge is 0.328 e. The van der Waals surface area contributed by atoms with Gasteiger partial charge in [0.05, 0.1) is 19.4 Å². The minimum absolute atomic E-state index is 0.109. The fourth-order valence-corrected chi connectivity index (χ4v) is 2.93. The number of aliphatic carboxylic acids is 1. The molecule has 0 aliphatic carbocycles. The quantitative estimate of drug-likeness (QED) is 0.927. The predicted molar refractivity (Wildman–Crippen MR) is 83.2 cm³/mol. The van der Waals surface area contributed by atoms with Crippen molar-refractivity contribution in [2.75, 3.05) is 7.11 Å². The van der Waals surface area contributed by atoms with Crippen LogP contribution in [0, 0.1) is 5.92 Å². The number of carboxylic acids is 1. The van der Waals surface area contributed by atoms with E-state index >= 15 is 0 Å². The van der Waals surface area contributed by atoms with Gasteiger partial charge in [-0.25, -0.2) is 4.79 Å². The number of ether oxygens (including phenoxy) is 1. The molecule has 3 unspecified atom stereocenters. The van der Waals surface area contributed by atoms with E-state index in [1.165, 1.54) is 0 Å². The maximum atomic E-state index is 11.5. The predicted octanol–water partition coefficient (Wildman–Crippen LogP) is 2.10. The van der Waals surface area contributed by atoms with Gasteiger partial charge < -0.3 is 14.7 Å². The van der Waals surface area contributed by atoms with Crippen molar-refractivity contribution >= 4 is 18.0 Å². The summed E-state index contributed by atoms with van der Waals surface area (Å²) >= 11 is 0. The molecule has 0 saturated carbocycles. The Hall–Kier alpha value is -2.63. The van der Waals surface area contributed by atoms with Gasteiger partial charge in [0.2, 0.25) is 0 Å². The number of hydrogen-bond donors (Lipinski definition) is 1. The standard InChI is InChI=1S/C16H17N3O3/c1-10-14(16(20)21)18-13-9-17-7-8-19(13)15(10)11-3-5-12(22-2)6-4-11/h3-10,14-15H,1-2H3,(H,20,21). The number of rotatable bonds is 3. The van der Waals surface area contributed by atoms with Gasteiger partial charge in [0.25, 0.3) is 0 Å². The number of carbonyl (C=O) groups is 1. The van der Waals surface area contributed by atoms with E-state index < -0.39 is 12.0 Å². The number of benzene rings is 1. The molecule has 1 N–H and O–H groups in total. The van der Waals surface area contributed by atoms with E-state index in [1.807, 2.05) is 42.3 Å². The van der Waals surface area contributed by atoms with Crippen molar-refractivity contribution in [3.8, 4) is 5.75 Å². The summed E-state index contributed by atoms with van der Waals surface area (Å²) in [4.78, 5) is 21.8. The van der Waals surface area contributed by atoms with Gasteiger partial charge in [0.1, 0.15) is 11.6 Å². The van der Waals surface area contributed by atoms with Crippen LogP contribution >= 0.6 is 0 Å². The topological polar surface area (TPSA) is 74.5 Å². The second-order valence-corrected chi connectivity index (χ2v) is 5.33. The number of fused-ring (bicyclic) bond motifs is 1. The van der Waals surface area contributed by atoms with E-state index in [2.05, 4.69) is 9.98 Å². The Labute approximate surface area is 128 Å².